The van der Waals surface area contributed by atoms with Gasteiger partial charge in [0, 0.05) is 4.47 Å². The van der Waals surface area contributed by atoms with E-state index in [0.29, 0.717) is 0 Å². The molecule has 1 heteroatoms. The summed E-state index contributed by atoms with van der Waals surface area (Å²) in [6, 6.07) is 6.41. The van der Waals surface area contributed by atoms with Gasteiger partial charge in [0.2, 0.25) is 0 Å². The van der Waals surface area contributed by atoms with E-state index in [1.807, 2.05) is 0 Å². The van der Waals surface area contributed by atoms with Crippen LogP contribution in [0.5, 0.6) is 0 Å². The highest BCUT2D eigenvalue weighted by Gasteiger charge is 2.00. The number of hydrogen-bond acceptors (Lipinski definition) is 0. The van der Waals surface area contributed by atoms with E-state index in [0.717, 1.165) is 12.8 Å². The number of halogens is 1. The highest BCUT2D eigenvalue weighted by molar-refractivity contribution is 9.10. The van der Waals surface area contributed by atoms with Gasteiger partial charge < -0.3 is 0 Å². The first-order valence-corrected chi connectivity index (χ1v) is 4.85. The molecule has 0 aliphatic rings. The Kier molecular flexibility index (Phi) is 3.13. The fraction of sp³-hybridized carbons (Fsp3) is 0.400. The third-order valence-corrected chi connectivity index (χ3v) is 2.69. The zero-order valence-corrected chi connectivity index (χ0v) is 8.61. The minimum Gasteiger partial charge on any atom is -0.0613 e. The van der Waals surface area contributed by atoms with Gasteiger partial charge in [-0.05, 0) is 30.0 Å². The van der Waals surface area contributed by atoms with Crippen molar-refractivity contribution in [3.8, 4) is 0 Å². The lowest BCUT2D eigenvalue weighted by Crippen LogP contribution is -1.90. The van der Waals surface area contributed by atoms with Gasteiger partial charge in [-0.3, -0.25) is 0 Å². The third-order valence-electron chi connectivity index (χ3n) is 1.95. The summed E-state index contributed by atoms with van der Waals surface area (Å²) in [6.45, 7) is 4.39. The molecule has 0 unspecified atom stereocenters. The topological polar surface area (TPSA) is 0 Å². The van der Waals surface area contributed by atoms with Gasteiger partial charge in [0.15, 0.2) is 0 Å². The van der Waals surface area contributed by atoms with Crippen LogP contribution >= 0.6 is 15.9 Å². The molecule has 0 fully saturated rings. The van der Waals surface area contributed by atoms with E-state index < -0.39 is 0 Å². The minimum absolute atomic E-state index is 1.12. The smallest absolute Gasteiger partial charge is 0.0209 e. The van der Waals surface area contributed by atoms with Crippen LogP contribution in [0.1, 0.15) is 25.0 Å². The van der Waals surface area contributed by atoms with Crippen molar-refractivity contribution in [2.45, 2.75) is 26.7 Å². The van der Waals surface area contributed by atoms with E-state index in [4.69, 9.17) is 0 Å². The second-order valence-corrected chi connectivity index (χ2v) is 3.44. The molecule has 0 atom stereocenters. The van der Waals surface area contributed by atoms with Crippen LogP contribution < -0.4 is 0 Å². The maximum Gasteiger partial charge on any atom is 0.0209 e. The summed E-state index contributed by atoms with van der Waals surface area (Å²) in [7, 11) is 0. The van der Waals surface area contributed by atoms with Crippen molar-refractivity contribution in [1.29, 1.82) is 0 Å². The lowest BCUT2D eigenvalue weighted by atomic mass is 10.0. The minimum atomic E-state index is 1.12. The molecule has 1 aromatic rings. The molecule has 0 N–H and O–H groups in total. The predicted octanol–water partition coefficient (Wildman–Crippen LogP) is 3.57. The highest BCUT2D eigenvalue weighted by Crippen LogP contribution is 2.21. The lowest BCUT2D eigenvalue weighted by Gasteiger charge is -2.06. The molecule has 0 bridgehead atoms. The summed E-state index contributed by atoms with van der Waals surface area (Å²) >= 11 is 3.55. The zero-order valence-electron chi connectivity index (χ0n) is 7.02. The largest absolute Gasteiger partial charge is 0.0613 e. The first kappa shape index (κ1) is 8.79. The van der Waals surface area contributed by atoms with Crippen molar-refractivity contribution in [2.24, 2.45) is 0 Å². The number of hydrogen-bond donors (Lipinski definition) is 0. The Morgan fingerprint density at radius 3 is 2.36 bits per heavy atom. The van der Waals surface area contributed by atoms with Gasteiger partial charge in [-0.1, -0.05) is 41.9 Å². The Morgan fingerprint density at radius 1 is 1.18 bits per heavy atom. The standard InChI is InChI=1S/C10H13Br/c1-3-8-6-5-7-10(11)9(8)4-2/h5-7H,3-4H2,1-2H3. The second kappa shape index (κ2) is 3.91. The predicted molar refractivity (Wildman–Crippen MR) is 52.9 cm³/mol. The van der Waals surface area contributed by atoms with Gasteiger partial charge in [0.25, 0.3) is 0 Å². The summed E-state index contributed by atoms with van der Waals surface area (Å²) in [5.74, 6) is 0. The van der Waals surface area contributed by atoms with Gasteiger partial charge in [-0.15, -0.1) is 0 Å². The fourth-order valence-electron chi connectivity index (χ4n) is 1.33. The molecule has 0 saturated carbocycles. The van der Waals surface area contributed by atoms with E-state index in [2.05, 4.69) is 48.0 Å². The Labute approximate surface area is 76.8 Å². The summed E-state index contributed by atoms with van der Waals surface area (Å²) in [5, 5.41) is 0. The number of aryl methyl sites for hydroxylation is 1. The molecule has 0 aliphatic heterocycles. The molecular weight excluding hydrogens is 200 g/mol. The summed E-state index contributed by atoms with van der Waals surface area (Å²) < 4.78 is 1.25. The summed E-state index contributed by atoms with van der Waals surface area (Å²) in [6.07, 6.45) is 2.24. The van der Waals surface area contributed by atoms with Crippen molar-refractivity contribution in [3.05, 3.63) is 33.8 Å². The molecule has 0 radical (unpaired) electrons. The van der Waals surface area contributed by atoms with Crippen molar-refractivity contribution < 1.29 is 0 Å². The Bertz CT molecular complexity index is 241. The summed E-state index contributed by atoms with van der Waals surface area (Å²) in [4.78, 5) is 0. The van der Waals surface area contributed by atoms with Crippen molar-refractivity contribution in [2.75, 3.05) is 0 Å². The molecule has 11 heavy (non-hydrogen) atoms. The molecule has 0 amide bonds. The lowest BCUT2D eigenvalue weighted by molar-refractivity contribution is 1.03. The van der Waals surface area contributed by atoms with Crippen LogP contribution in [-0.4, -0.2) is 0 Å². The van der Waals surface area contributed by atoms with E-state index in [-0.39, 0.29) is 0 Å². The average Bonchev–Trinajstić information content (AvgIpc) is 2.04. The van der Waals surface area contributed by atoms with E-state index in [1.165, 1.54) is 15.6 Å². The maximum atomic E-state index is 3.55. The molecule has 1 aromatic carbocycles. The van der Waals surface area contributed by atoms with Crippen LogP contribution in [0.15, 0.2) is 22.7 Å². The van der Waals surface area contributed by atoms with Gasteiger partial charge in [-0.25, -0.2) is 0 Å². The first-order valence-electron chi connectivity index (χ1n) is 4.05. The Morgan fingerprint density at radius 2 is 1.91 bits per heavy atom. The van der Waals surface area contributed by atoms with Crippen LogP contribution in [0, 0.1) is 0 Å². The van der Waals surface area contributed by atoms with Gasteiger partial charge in [-0.2, -0.15) is 0 Å². The molecule has 0 nitrogen and oxygen atoms in total. The molecule has 0 spiro atoms. The number of rotatable bonds is 2. The first-order chi connectivity index (χ1) is 5.29. The molecular formula is C10H13Br. The SMILES string of the molecule is CCc1cccc(Br)c1CC. The molecule has 1 rings (SSSR count). The van der Waals surface area contributed by atoms with Crippen LogP contribution in [0.4, 0.5) is 0 Å². The van der Waals surface area contributed by atoms with Gasteiger partial charge >= 0.3 is 0 Å². The Hall–Kier alpha value is -0.300. The molecule has 0 aliphatic carbocycles. The van der Waals surface area contributed by atoms with Crippen LogP contribution in [0.25, 0.3) is 0 Å². The quantitative estimate of drug-likeness (QED) is 0.704. The zero-order chi connectivity index (χ0) is 8.27. The van der Waals surface area contributed by atoms with E-state index in [1.54, 1.807) is 0 Å². The second-order valence-electron chi connectivity index (χ2n) is 2.58. The molecule has 60 valence electrons. The van der Waals surface area contributed by atoms with Crippen molar-refractivity contribution in [1.82, 2.24) is 0 Å². The van der Waals surface area contributed by atoms with Crippen LogP contribution in [-0.2, 0) is 12.8 Å². The van der Waals surface area contributed by atoms with Crippen LogP contribution in [0.2, 0.25) is 0 Å². The fourth-order valence-corrected chi connectivity index (χ4v) is 2.02. The molecule has 0 heterocycles. The van der Waals surface area contributed by atoms with Gasteiger partial charge in [0.05, 0.1) is 0 Å². The van der Waals surface area contributed by atoms with Crippen molar-refractivity contribution in [3.63, 3.8) is 0 Å². The van der Waals surface area contributed by atoms with Gasteiger partial charge in [0.1, 0.15) is 0 Å². The third kappa shape index (κ3) is 1.84. The Balaban J connectivity index is 3.13. The normalized spacial score (nSPS) is 10.1. The maximum absolute atomic E-state index is 3.55. The van der Waals surface area contributed by atoms with Crippen molar-refractivity contribution >= 4 is 15.9 Å². The highest BCUT2D eigenvalue weighted by atomic mass is 79.9. The van der Waals surface area contributed by atoms with Crippen LogP contribution in [0.3, 0.4) is 0 Å². The molecule has 0 aromatic heterocycles. The average molecular weight is 213 g/mol. The monoisotopic (exact) mass is 212 g/mol. The molecule has 0 saturated heterocycles. The number of benzene rings is 1. The van der Waals surface area contributed by atoms with E-state index >= 15 is 0 Å². The summed E-state index contributed by atoms with van der Waals surface area (Å²) in [5.41, 5.74) is 2.91. The van der Waals surface area contributed by atoms with E-state index in [9.17, 15) is 0 Å².